The van der Waals surface area contributed by atoms with Crippen LogP contribution in [0.25, 0.3) is 10.8 Å². The molecule has 94 valence electrons. The van der Waals surface area contributed by atoms with Crippen LogP contribution in [0.4, 0.5) is 0 Å². The van der Waals surface area contributed by atoms with E-state index in [4.69, 9.17) is 5.73 Å². The Labute approximate surface area is 104 Å². The molecule has 0 saturated heterocycles. The minimum absolute atomic E-state index is 0.0701. The Morgan fingerprint density at radius 2 is 2.06 bits per heavy atom. The zero-order chi connectivity index (χ0) is 13.1. The van der Waals surface area contributed by atoms with E-state index >= 15 is 0 Å². The third-order valence-corrected chi connectivity index (χ3v) is 2.89. The van der Waals surface area contributed by atoms with E-state index in [-0.39, 0.29) is 18.1 Å². The summed E-state index contributed by atoms with van der Waals surface area (Å²) in [6.45, 7) is 2.03. The largest absolute Gasteiger partial charge is 0.369 e. The lowest BCUT2D eigenvalue weighted by Gasteiger charge is -2.15. The maximum Gasteiger partial charge on any atom is 0.255 e. The van der Waals surface area contributed by atoms with Crippen LogP contribution in [-0.2, 0) is 4.79 Å². The number of rotatable bonds is 4. The molecule has 0 radical (unpaired) electrons. The standard InChI is InChI=1S/C13H15N3O2/c1-8(15-7-12(14)17)11-6-16-13(18)10-5-3-2-4-9(10)11/h2-6,8,15H,7H2,1H3,(H2,14,17)(H,16,18). The highest BCUT2D eigenvalue weighted by molar-refractivity contribution is 5.85. The number of carbonyl (C=O) groups excluding carboxylic acids is 1. The molecule has 1 aromatic carbocycles. The molecular formula is C13H15N3O2. The van der Waals surface area contributed by atoms with Crippen LogP contribution >= 0.6 is 0 Å². The minimum atomic E-state index is -0.407. The number of fused-ring (bicyclic) bond motifs is 1. The summed E-state index contributed by atoms with van der Waals surface area (Å²) in [6, 6.07) is 7.30. The number of benzene rings is 1. The van der Waals surface area contributed by atoms with Gasteiger partial charge in [0.05, 0.1) is 6.54 Å². The highest BCUT2D eigenvalue weighted by Crippen LogP contribution is 2.20. The molecule has 18 heavy (non-hydrogen) atoms. The van der Waals surface area contributed by atoms with Gasteiger partial charge < -0.3 is 16.0 Å². The van der Waals surface area contributed by atoms with E-state index in [2.05, 4.69) is 10.3 Å². The molecule has 5 heteroatoms. The van der Waals surface area contributed by atoms with Gasteiger partial charge in [-0.25, -0.2) is 0 Å². The third-order valence-electron chi connectivity index (χ3n) is 2.89. The lowest BCUT2D eigenvalue weighted by atomic mass is 10.0. The SMILES string of the molecule is CC(NCC(N)=O)c1c[nH]c(=O)c2ccccc12. The fourth-order valence-electron chi connectivity index (χ4n) is 1.95. The molecule has 0 aliphatic carbocycles. The summed E-state index contributed by atoms with van der Waals surface area (Å²) in [5, 5.41) is 4.54. The summed E-state index contributed by atoms with van der Waals surface area (Å²) in [4.78, 5) is 25.1. The lowest BCUT2D eigenvalue weighted by Crippen LogP contribution is -2.30. The fourth-order valence-corrected chi connectivity index (χ4v) is 1.95. The van der Waals surface area contributed by atoms with E-state index < -0.39 is 5.91 Å². The van der Waals surface area contributed by atoms with Crippen LogP contribution in [0.5, 0.6) is 0 Å². The number of hydrogen-bond acceptors (Lipinski definition) is 3. The summed E-state index contributed by atoms with van der Waals surface area (Å²) in [7, 11) is 0. The zero-order valence-electron chi connectivity index (χ0n) is 10.1. The number of nitrogens with one attached hydrogen (secondary N) is 2. The number of aromatic nitrogens is 1. The average Bonchev–Trinajstić information content (AvgIpc) is 2.37. The summed E-state index contributed by atoms with van der Waals surface area (Å²) in [5.41, 5.74) is 5.92. The Bertz CT molecular complexity index is 633. The second-order valence-electron chi connectivity index (χ2n) is 4.19. The fraction of sp³-hybridized carbons (Fsp3) is 0.231. The molecule has 0 fully saturated rings. The van der Waals surface area contributed by atoms with Crippen molar-refractivity contribution >= 4 is 16.7 Å². The normalized spacial score (nSPS) is 12.5. The van der Waals surface area contributed by atoms with Crippen LogP contribution in [0.2, 0.25) is 0 Å². The average molecular weight is 245 g/mol. The van der Waals surface area contributed by atoms with Crippen molar-refractivity contribution in [2.45, 2.75) is 13.0 Å². The van der Waals surface area contributed by atoms with Crippen LogP contribution in [-0.4, -0.2) is 17.4 Å². The topological polar surface area (TPSA) is 88.0 Å². The van der Waals surface area contributed by atoms with Gasteiger partial charge in [-0.1, -0.05) is 18.2 Å². The second kappa shape index (κ2) is 5.01. The molecular weight excluding hydrogens is 230 g/mol. The monoisotopic (exact) mass is 245 g/mol. The molecule has 1 atom stereocenters. The molecule has 2 aromatic rings. The van der Waals surface area contributed by atoms with Crippen molar-refractivity contribution in [3.8, 4) is 0 Å². The van der Waals surface area contributed by atoms with Crippen molar-refractivity contribution in [2.24, 2.45) is 5.73 Å². The van der Waals surface area contributed by atoms with Gasteiger partial charge in [-0.2, -0.15) is 0 Å². The van der Waals surface area contributed by atoms with Gasteiger partial charge in [0, 0.05) is 17.6 Å². The van der Waals surface area contributed by atoms with Crippen molar-refractivity contribution in [2.75, 3.05) is 6.54 Å². The van der Waals surface area contributed by atoms with Gasteiger partial charge in [-0.05, 0) is 23.9 Å². The highest BCUT2D eigenvalue weighted by Gasteiger charge is 2.11. The van der Waals surface area contributed by atoms with Crippen LogP contribution in [0.15, 0.2) is 35.3 Å². The van der Waals surface area contributed by atoms with Gasteiger partial charge in [0.1, 0.15) is 0 Å². The van der Waals surface area contributed by atoms with Gasteiger partial charge in [0.25, 0.3) is 5.56 Å². The molecule has 0 bridgehead atoms. The van der Waals surface area contributed by atoms with Crippen LogP contribution < -0.4 is 16.6 Å². The van der Waals surface area contributed by atoms with E-state index in [0.29, 0.717) is 5.39 Å². The number of carbonyl (C=O) groups is 1. The van der Waals surface area contributed by atoms with Gasteiger partial charge in [-0.15, -0.1) is 0 Å². The number of nitrogens with two attached hydrogens (primary N) is 1. The maximum atomic E-state index is 11.7. The Hall–Kier alpha value is -2.14. The molecule has 0 aliphatic heterocycles. The van der Waals surface area contributed by atoms with Gasteiger partial charge in [0.2, 0.25) is 5.91 Å². The molecule has 1 heterocycles. The number of aromatic amines is 1. The van der Waals surface area contributed by atoms with E-state index in [0.717, 1.165) is 10.9 Å². The van der Waals surface area contributed by atoms with Crippen molar-refractivity contribution in [3.05, 3.63) is 46.4 Å². The molecule has 0 saturated carbocycles. The second-order valence-corrected chi connectivity index (χ2v) is 4.19. The molecule has 4 N–H and O–H groups in total. The molecule has 5 nitrogen and oxygen atoms in total. The Morgan fingerprint density at radius 1 is 1.39 bits per heavy atom. The maximum absolute atomic E-state index is 11.7. The number of amides is 1. The van der Waals surface area contributed by atoms with E-state index in [1.165, 1.54) is 0 Å². The number of H-pyrrole nitrogens is 1. The Kier molecular flexibility index (Phi) is 3.43. The summed E-state index contributed by atoms with van der Waals surface area (Å²) >= 11 is 0. The van der Waals surface area contributed by atoms with Crippen LogP contribution in [0.1, 0.15) is 18.5 Å². The summed E-state index contributed by atoms with van der Waals surface area (Å²) in [6.07, 6.45) is 1.67. The summed E-state index contributed by atoms with van der Waals surface area (Å²) in [5.74, 6) is -0.407. The minimum Gasteiger partial charge on any atom is -0.369 e. The number of primary amides is 1. The highest BCUT2D eigenvalue weighted by atomic mass is 16.1. The lowest BCUT2D eigenvalue weighted by molar-refractivity contribution is -0.117. The zero-order valence-corrected chi connectivity index (χ0v) is 10.1. The Morgan fingerprint density at radius 3 is 2.72 bits per heavy atom. The quantitative estimate of drug-likeness (QED) is 0.739. The van der Waals surface area contributed by atoms with Crippen molar-refractivity contribution in [3.63, 3.8) is 0 Å². The van der Waals surface area contributed by atoms with Crippen molar-refractivity contribution < 1.29 is 4.79 Å². The first-order valence-electron chi connectivity index (χ1n) is 5.71. The third kappa shape index (κ3) is 2.41. The molecule has 1 unspecified atom stereocenters. The molecule has 2 rings (SSSR count). The van der Waals surface area contributed by atoms with Gasteiger partial charge in [0.15, 0.2) is 0 Å². The first kappa shape index (κ1) is 12.3. The molecule has 1 amide bonds. The van der Waals surface area contributed by atoms with E-state index in [9.17, 15) is 9.59 Å². The van der Waals surface area contributed by atoms with E-state index in [1.807, 2.05) is 25.1 Å². The molecule has 0 aliphatic rings. The predicted molar refractivity (Wildman–Crippen MR) is 70.2 cm³/mol. The number of hydrogen-bond donors (Lipinski definition) is 3. The summed E-state index contributed by atoms with van der Waals surface area (Å²) < 4.78 is 0. The number of pyridine rings is 1. The van der Waals surface area contributed by atoms with Gasteiger partial charge >= 0.3 is 0 Å². The Balaban J connectivity index is 2.42. The van der Waals surface area contributed by atoms with Crippen molar-refractivity contribution in [1.29, 1.82) is 0 Å². The van der Waals surface area contributed by atoms with Gasteiger partial charge in [-0.3, -0.25) is 9.59 Å². The molecule has 1 aromatic heterocycles. The van der Waals surface area contributed by atoms with Crippen molar-refractivity contribution in [1.82, 2.24) is 10.3 Å². The smallest absolute Gasteiger partial charge is 0.255 e. The van der Waals surface area contributed by atoms with E-state index in [1.54, 1.807) is 12.3 Å². The first-order valence-corrected chi connectivity index (χ1v) is 5.71. The van der Waals surface area contributed by atoms with Crippen LogP contribution in [0, 0.1) is 0 Å². The first-order chi connectivity index (χ1) is 8.59. The van der Waals surface area contributed by atoms with Crippen LogP contribution in [0.3, 0.4) is 0 Å². The predicted octanol–water partition coefficient (Wildman–Crippen LogP) is 0.664. The molecule has 0 spiro atoms.